The first kappa shape index (κ1) is 10.2. The Morgan fingerprint density at radius 3 is 2.93 bits per heavy atom. The average molecular weight is 227 g/mol. The van der Waals surface area contributed by atoms with E-state index in [1.54, 1.807) is 17.8 Å². The van der Waals surface area contributed by atoms with Crippen LogP contribution < -0.4 is 0 Å². The first-order chi connectivity index (χ1) is 7.09. The molecule has 0 aromatic heterocycles. The zero-order chi connectivity index (χ0) is 11.0. The lowest BCUT2D eigenvalue weighted by atomic mass is 10.1. The fourth-order valence-electron chi connectivity index (χ4n) is 1.51. The van der Waals surface area contributed by atoms with Gasteiger partial charge in [0.15, 0.2) is 0 Å². The van der Waals surface area contributed by atoms with Crippen LogP contribution in [0.3, 0.4) is 0 Å². The van der Waals surface area contributed by atoms with Gasteiger partial charge in [0, 0.05) is 12.7 Å². The van der Waals surface area contributed by atoms with E-state index in [-0.39, 0.29) is 17.0 Å². The lowest BCUT2D eigenvalue weighted by Gasteiger charge is -2.42. The highest BCUT2D eigenvalue weighted by Gasteiger charge is 2.43. The van der Waals surface area contributed by atoms with Crippen LogP contribution in [0.1, 0.15) is 13.3 Å². The zero-order valence-electron chi connectivity index (χ0n) is 8.06. The third-order valence-electron chi connectivity index (χ3n) is 2.18. The van der Waals surface area contributed by atoms with E-state index in [4.69, 9.17) is 0 Å². The van der Waals surface area contributed by atoms with Crippen LogP contribution in [0.2, 0.25) is 0 Å². The zero-order valence-corrected chi connectivity index (χ0v) is 8.87. The fraction of sp³-hybridized carbons (Fsp3) is 0.444. The van der Waals surface area contributed by atoms with Gasteiger partial charge in [-0.05, 0) is 6.08 Å². The minimum atomic E-state index is -0.735. The van der Waals surface area contributed by atoms with Crippen molar-refractivity contribution in [3.05, 3.63) is 11.8 Å². The molecule has 2 aliphatic heterocycles. The molecule has 15 heavy (non-hydrogen) atoms. The van der Waals surface area contributed by atoms with Gasteiger partial charge in [0.2, 0.25) is 5.91 Å². The van der Waals surface area contributed by atoms with Crippen molar-refractivity contribution >= 4 is 29.6 Å². The standard InChI is InChI=1S/C9H9NO4S/c1-5(11)14-9(13)6-2-3-15-8-4-7(12)10(6)8/h2,8H,3-4H2,1H3/t8-/m1/s1. The van der Waals surface area contributed by atoms with Crippen LogP contribution in [0, 0.1) is 0 Å². The van der Waals surface area contributed by atoms with Gasteiger partial charge in [-0.3, -0.25) is 14.5 Å². The summed E-state index contributed by atoms with van der Waals surface area (Å²) >= 11 is 1.59. The van der Waals surface area contributed by atoms with Gasteiger partial charge >= 0.3 is 11.9 Å². The molecule has 0 N–H and O–H groups in total. The van der Waals surface area contributed by atoms with Crippen LogP contribution in [-0.2, 0) is 19.1 Å². The minimum Gasteiger partial charge on any atom is -0.389 e. The van der Waals surface area contributed by atoms with Crippen molar-refractivity contribution in [2.45, 2.75) is 18.7 Å². The Morgan fingerprint density at radius 2 is 2.33 bits per heavy atom. The molecule has 0 radical (unpaired) electrons. The highest BCUT2D eigenvalue weighted by atomic mass is 32.2. The Morgan fingerprint density at radius 1 is 1.60 bits per heavy atom. The monoisotopic (exact) mass is 227 g/mol. The summed E-state index contributed by atoms with van der Waals surface area (Å²) in [6.07, 6.45) is 2.07. The topological polar surface area (TPSA) is 63.7 Å². The van der Waals surface area contributed by atoms with Crippen LogP contribution in [0.5, 0.6) is 0 Å². The second-order valence-corrected chi connectivity index (χ2v) is 4.44. The molecule has 2 aliphatic rings. The van der Waals surface area contributed by atoms with Gasteiger partial charge in [0.05, 0.1) is 11.8 Å². The number of fused-ring (bicyclic) bond motifs is 1. The van der Waals surface area contributed by atoms with Crippen molar-refractivity contribution in [1.82, 2.24) is 4.90 Å². The predicted molar refractivity (Wildman–Crippen MR) is 52.6 cm³/mol. The Hall–Kier alpha value is -1.30. The normalized spacial score (nSPS) is 23.8. The molecule has 80 valence electrons. The van der Waals surface area contributed by atoms with E-state index in [0.29, 0.717) is 12.2 Å². The molecule has 0 bridgehead atoms. The third kappa shape index (κ3) is 1.77. The maximum atomic E-state index is 11.4. The summed E-state index contributed by atoms with van der Waals surface area (Å²) in [7, 11) is 0. The molecule has 1 amide bonds. The van der Waals surface area contributed by atoms with Crippen LogP contribution >= 0.6 is 11.8 Å². The van der Waals surface area contributed by atoms with E-state index in [2.05, 4.69) is 4.74 Å². The number of carbonyl (C=O) groups excluding carboxylic acids is 3. The smallest absolute Gasteiger partial charge is 0.362 e. The van der Waals surface area contributed by atoms with Crippen molar-refractivity contribution in [2.24, 2.45) is 0 Å². The number of hydrogen-bond donors (Lipinski definition) is 0. The average Bonchev–Trinajstić information content (AvgIpc) is 2.14. The van der Waals surface area contributed by atoms with Gasteiger partial charge < -0.3 is 4.74 Å². The molecule has 1 saturated heterocycles. The number of rotatable bonds is 1. The predicted octanol–water partition coefficient (Wildman–Crippen LogP) is 0.265. The SMILES string of the molecule is CC(=O)OC(=O)C1=CCS[C@@H]2CC(=O)N12. The molecule has 0 aromatic carbocycles. The van der Waals surface area contributed by atoms with Crippen LogP contribution in [0.25, 0.3) is 0 Å². The van der Waals surface area contributed by atoms with Crippen molar-refractivity contribution in [1.29, 1.82) is 0 Å². The Bertz CT molecular complexity index is 376. The van der Waals surface area contributed by atoms with Crippen molar-refractivity contribution in [3.63, 3.8) is 0 Å². The highest BCUT2D eigenvalue weighted by Crippen LogP contribution is 2.37. The van der Waals surface area contributed by atoms with Crippen molar-refractivity contribution in [2.75, 3.05) is 5.75 Å². The van der Waals surface area contributed by atoms with Gasteiger partial charge in [-0.15, -0.1) is 11.8 Å². The summed E-state index contributed by atoms with van der Waals surface area (Å²) in [4.78, 5) is 34.7. The molecule has 2 rings (SSSR count). The van der Waals surface area contributed by atoms with Crippen LogP contribution in [0.4, 0.5) is 0 Å². The van der Waals surface area contributed by atoms with Gasteiger partial charge in [0.25, 0.3) is 0 Å². The number of hydrogen-bond acceptors (Lipinski definition) is 5. The number of nitrogens with zero attached hydrogens (tertiary/aromatic N) is 1. The summed E-state index contributed by atoms with van der Waals surface area (Å²) < 4.78 is 4.44. The van der Waals surface area contributed by atoms with Gasteiger partial charge in [-0.2, -0.15) is 0 Å². The molecular formula is C9H9NO4S. The Labute approximate surface area is 90.4 Å². The third-order valence-corrected chi connectivity index (χ3v) is 3.30. The molecule has 0 aliphatic carbocycles. The van der Waals surface area contributed by atoms with E-state index in [1.165, 1.54) is 4.90 Å². The van der Waals surface area contributed by atoms with E-state index in [1.807, 2.05) is 0 Å². The molecule has 0 saturated carbocycles. The molecule has 0 unspecified atom stereocenters. The van der Waals surface area contributed by atoms with Gasteiger partial charge in [0.1, 0.15) is 5.70 Å². The van der Waals surface area contributed by atoms with Crippen molar-refractivity contribution < 1.29 is 19.1 Å². The summed E-state index contributed by atoms with van der Waals surface area (Å²) in [6.45, 7) is 1.16. The maximum absolute atomic E-state index is 11.4. The summed E-state index contributed by atoms with van der Waals surface area (Å²) in [5.74, 6) is -0.833. The number of esters is 2. The summed E-state index contributed by atoms with van der Waals surface area (Å²) in [5, 5.41) is 0.0389. The molecule has 6 heteroatoms. The van der Waals surface area contributed by atoms with E-state index >= 15 is 0 Å². The molecule has 1 fully saturated rings. The Kier molecular flexibility index (Phi) is 2.52. The first-order valence-electron chi connectivity index (χ1n) is 4.46. The van der Waals surface area contributed by atoms with Gasteiger partial charge in [-0.1, -0.05) is 0 Å². The summed E-state index contributed by atoms with van der Waals surface area (Å²) in [5.41, 5.74) is 0.199. The number of ether oxygens (including phenoxy) is 1. The lowest BCUT2D eigenvalue weighted by Crippen LogP contribution is -2.53. The molecular weight excluding hydrogens is 218 g/mol. The quantitative estimate of drug-likeness (QED) is 0.365. The summed E-state index contributed by atoms with van der Waals surface area (Å²) in [6, 6.07) is 0. The Balaban J connectivity index is 2.13. The second-order valence-electron chi connectivity index (χ2n) is 3.23. The molecule has 2 heterocycles. The minimum absolute atomic E-state index is 0.0389. The molecule has 0 spiro atoms. The second kappa shape index (κ2) is 3.69. The molecule has 1 atom stereocenters. The first-order valence-corrected chi connectivity index (χ1v) is 5.51. The van der Waals surface area contributed by atoms with E-state index in [0.717, 1.165) is 6.92 Å². The van der Waals surface area contributed by atoms with Gasteiger partial charge in [-0.25, -0.2) is 4.79 Å². The molecule has 0 aromatic rings. The number of thioether (sulfide) groups is 1. The lowest BCUT2D eigenvalue weighted by molar-refractivity contribution is -0.159. The number of amides is 1. The molecule has 5 nitrogen and oxygen atoms in total. The maximum Gasteiger partial charge on any atom is 0.362 e. The van der Waals surface area contributed by atoms with E-state index in [9.17, 15) is 14.4 Å². The number of β-lactam (4-membered cyclic amide) rings is 1. The highest BCUT2D eigenvalue weighted by molar-refractivity contribution is 8.00. The van der Waals surface area contributed by atoms with E-state index < -0.39 is 11.9 Å². The largest absolute Gasteiger partial charge is 0.389 e. The fourth-order valence-corrected chi connectivity index (χ4v) is 2.63. The van der Waals surface area contributed by atoms with Crippen molar-refractivity contribution in [3.8, 4) is 0 Å². The van der Waals surface area contributed by atoms with Crippen LogP contribution in [0.15, 0.2) is 11.8 Å². The number of carbonyl (C=O) groups is 3. The van der Waals surface area contributed by atoms with Crippen LogP contribution in [-0.4, -0.2) is 33.9 Å².